The number of nitrogens with one attached hydrogen (secondary N) is 2. The maximum Gasteiger partial charge on any atom is 0.238 e. The van der Waals surface area contributed by atoms with Crippen LogP contribution in [0.1, 0.15) is 23.7 Å². The minimum Gasteiger partial charge on any atom is -0.351 e. The summed E-state index contributed by atoms with van der Waals surface area (Å²) in [7, 11) is 0. The summed E-state index contributed by atoms with van der Waals surface area (Å²) in [5, 5.41) is 5.65. The SMILES string of the molecule is Cl.O=C(NC1CCCNC1)C(Sc1cc(F)ccc1F)c1ccccc1. The molecule has 0 bridgehead atoms. The van der Waals surface area contributed by atoms with Crippen LogP contribution < -0.4 is 10.6 Å². The second-order valence-corrected chi connectivity index (χ2v) is 7.18. The molecule has 2 aromatic rings. The molecule has 1 fully saturated rings. The fourth-order valence-corrected chi connectivity index (χ4v) is 3.93. The molecule has 2 atom stereocenters. The maximum atomic E-state index is 14.0. The molecule has 2 aromatic carbocycles. The first kappa shape index (κ1) is 20.7. The number of hydrogen-bond acceptors (Lipinski definition) is 3. The molecule has 2 unspecified atom stereocenters. The topological polar surface area (TPSA) is 41.1 Å². The van der Waals surface area contributed by atoms with Crippen LogP contribution in [0.4, 0.5) is 8.78 Å². The number of piperidine rings is 1. The van der Waals surface area contributed by atoms with E-state index in [0.717, 1.165) is 61.5 Å². The highest BCUT2D eigenvalue weighted by Gasteiger charge is 2.26. The van der Waals surface area contributed by atoms with Gasteiger partial charge in [0.15, 0.2) is 0 Å². The number of amides is 1. The van der Waals surface area contributed by atoms with Crippen molar-refractivity contribution in [3.63, 3.8) is 0 Å². The van der Waals surface area contributed by atoms with Gasteiger partial charge in [-0.1, -0.05) is 30.3 Å². The zero-order chi connectivity index (χ0) is 17.6. The fourth-order valence-electron chi connectivity index (χ4n) is 2.85. The smallest absolute Gasteiger partial charge is 0.238 e. The molecule has 3 rings (SSSR count). The fraction of sp³-hybridized carbons (Fsp3) is 0.316. The number of halogens is 3. The molecule has 1 saturated heterocycles. The van der Waals surface area contributed by atoms with Gasteiger partial charge in [0.2, 0.25) is 5.91 Å². The van der Waals surface area contributed by atoms with Crippen molar-refractivity contribution in [2.45, 2.75) is 29.0 Å². The third kappa shape index (κ3) is 5.43. The van der Waals surface area contributed by atoms with Gasteiger partial charge in [-0.25, -0.2) is 8.78 Å². The average molecular weight is 399 g/mol. The van der Waals surface area contributed by atoms with Gasteiger partial charge in [-0.15, -0.1) is 24.2 Å². The van der Waals surface area contributed by atoms with Crippen molar-refractivity contribution < 1.29 is 13.6 Å². The predicted octanol–water partition coefficient (Wildman–Crippen LogP) is 4.09. The number of benzene rings is 2. The van der Waals surface area contributed by atoms with Gasteiger partial charge in [-0.3, -0.25) is 4.79 Å². The molecule has 0 aromatic heterocycles. The van der Waals surface area contributed by atoms with Gasteiger partial charge in [-0.05, 0) is 43.1 Å². The highest BCUT2D eigenvalue weighted by atomic mass is 35.5. The zero-order valence-corrected chi connectivity index (χ0v) is 15.7. The molecular weight excluding hydrogens is 378 g/mol. The molecule has 26 heavy (non-hydrogen) atoms. The van der Waals surface area contributed by atoms with E-state index in [9.17, 15) is 13.6 Å². The first-order valence-corrected chi connectivity index (χ1v) is 9.19. The Morgan fingerprint density at radius 1 is 1.19 bits per heavy atom. The van der Waals surface area contributed by atoms with Crippen LogP contribution in [-0.4, -0.2) is 25.0 Å². The van der Waals surface area contributed by atoms with Crippen LogP contribution in [0.5, 0.6) is 0 Å². The van der Waals surface area contributed by atoms with Crippen molar-refractivity contribution in [2.75, 3.05) is 13.1 Å². The molecule has 7 heteroatoms. The van der Waals surface area contributed by atoms with Crippen LogP contribution in [0.15, 0.2) is 53.4 Å². The van der Waals surface area contributed by atoms with Gasteiger partial charge >= 0.3 is 0 Å². The van der Waals surface area contributed by atoms with Crippen LogP contribution in [0.2, 0.25) is 0 Å². The first-order valence-electron chi connectivity index (χ1n) is 8.31. The second kappa shape index (κ2) is 9.90. The van der Waals surface area contributed by atoms with Gasteiger partial charge in [0, 0.05) is 17.5 Å². The molecule has 0 aliphatic carbocycles. The Morgan fingerprint density at radius 2 is 1.96 bits per heavy atom. The third-order valence-corrected chi connectivity index (χ3v) is 5.41. The Hall–Kier alpha value is -1.63. The monoisotopic (exact) mass is 398 g/mol. The lowest BCUT2D eigenvalue weighted by atomic mass is 10.1. The number of carbonyl (C=O) groups excluding carboxylic acids is 1. The van der Waals surface area contributed by atoms with Crippen LogP contribution in [-0.2, 0) is 4.79 Å². The molecule has 0 spiro atoms. The zero-order valence-electron chi connectivity index (χ0n) is 14.1. The molecule has 0 saturated carbocycles. The number of carbonyl (C=O) groups is 1. The van der Waals surface area contributed by atoms with Crippen molar-refractivity contribution in [2.24, 2.45) is 0 Å². The average Bonchev–Trinajstić information content (AvgIpc) is 2.64. The summed E-state index contributed by atoms with van der Waals surface area (Å²) in [4.78, 5) is 13.0. The minimum absolute atomic E-state index is 0. The molecule has 140 valence electrons. The van der Waals surface area contributed by atoms with E-state index in [2.05, 4.69) is 10.6 Å². The van der Waals surface area contributed by atoms with Gasteiger partial charge in [-0.2, -0.15) is 0 Å². The normalized spacial score (nSPS) is 17.8. The van der Waals surface area contributed by atoms with Crippen LogP contribution in [0.25, 0.3) is 0 Å². The van der Waals surface area contributed by atoms with Crippen molar-refractivity contribution >= 4 is 30.1 Å². The van der Waals surface area contributed by atoms with E-state index in [1.807, 2.05) is 30.3 Å². The quantitative estimate of drug-likeness (QED) is 0.745. The van der Waals surface area contributed by atoms with Crippen LogP contribution in [0.3, 0.4) is 0 Å². The standard InChI is InChI=1S/C19H20F2N2OS.ClH/c20-14-8-9-16(21)17(11-14)25-18(13-5-2-1-3-6-13)19(24)23-15-7-4-10-22-12-15;/h1-3,5-6,8-9,11,15,18,22H,4,7,10,12H2,(H,23,24);1H. The van der Waals surface area contributed by atoms with Crippen molar-refractivity contribution in [1.82, 2.24) is 10.6 Å². The minimum atomic E-state index is -0.639. The summed E-state index contributed by atoms with van der Waals surface area (Å²) in [5.41, 5.74) is 0.762. The summed E-state index contributed by atoms with van der Waals surface area (Å²) in [6, 6.07) is 12.5. The molecular formula is C19H21ClF2N2OS. The number of thioether (sulfide) groups is 1. The maximum absolute atomic E-state index is 14.0. The third-order valence-electron chi connectivity index (χ3n) is 4.12. The Kier molecular flexibility index (Phi) is 7.87. The number of hydrogen-bond donors (Lipinski definition) is 2. The summed E-state index contributed by atoms with van der Waals surface area (Å²) in [5.74, 6) is -1.24. The van der Waals surface area contributed by atoms with Gasteiger partial charge < -0.3 is 10.6 Å². The van der Waals surface area contributed by atoms with Crippen LogP contribution in [0, 0.1) is 11.6 Å². The summed E-state index contributed by atoms with van der Waals surface area (Å²) >= 11 is 1.03. The van der Waals surface area contributed by atoms with E-state index in [-0.39, 0.29) is 29.3 Å². The van der Waals surface area contributed by atoms with Crippen molar-refractivity contribution in [1.29, 1.82) is 0 Å². The largest absolute Gasteiger partial charge is 0.351 e. The van der Waals surface area contributed by atoms with Crippen molar-refractivity contribution in [3.8, 4) is 0 Å². The van der Waals surface area contributed by atoms with Crippen molar-refractivity contribution in [3.05, 3.63) is 65.7 Å². The number of rotatable bonds is 5. The highest BCUT2D eigenvalue weighted by molar-refractivity contribution is 8.00. The lowest BCUT2D eigenvalue weighted by molar-refractivity contribution is -0.121. The van der Waals surface area contributed by atoms with E-state index in [1.54, 1.807) is 0 Å². The Morgan fingerprint density at radius 3 is 2.65 bits per heavy atom. The molecule has 1 amide bonds. The predicted molar refractivity (Wildman–Crippen MR) is 103 cm³/mol. The van der Waals surface area contributed by atoms with E-state index < -0.39 is 16.9 Å². The first-order chi connectivity index (χ1) is 12.1. The molecule has 3 nitrogen and oxygen atoms in total. The lowest BCUT2D eigenvalue weighted by Gasteiger charge is -2.26. The van der Waals surface area contributed by atoms with Gasteiger partial charge in [0.1, 0.15) is 16.9 Å². The molecule has 1 heterocycles. The van der Waals surface area contributed by atoms with Gasteiger partial charge in [0.25, 0.3) is 0 Å². The Bertz CT molecular complexity index is 727. The summed E-state index contributed by atoms with van der Waals surface area (Å²) in [6.07, 6.45) is 1.92. The lowest BCUT2D eigenvalue weighted by Crippen LogP contribution is -2.46. The Balaban J connectivity index is 0.00000243. The molecule has 2 N–H and O–H groups in total. The summed E-state index contributed by atoms with van der Waals surface area (Å²) in [6.45, 7) is 1.68. The van der Waals surface area contributed by atoms with E-state index >= 15 is 0 Å². The molecule has 0 radical (unpaired) electrons. The molecule has 1 aliphatic rings. The van der Waals surface area contributed by atoms with Crippen LogP contribution >= 0.6 is 24.2 Å². The second-order valence-electron chi connectivity index (χ2n) is 6.04. The van der Waals surface area contributed by atoms with E-state index in [4.69, 9.17) is 0 Å². The Labute approximate surface area is 162 Å². The summed E-state index contributed by atoms with van der Waals surface area (Å²) < 4.78 is 27.5. The van der Waals surface area contributed by atoms with E-state index in [0.29, 0.717) is 0 Å². The highest BCUT2D eigenvalue weighted by Crippen LogP contribution is 2.37. The van der Waals surface area contributed by atoms with E-state index in [1.165, 1.54) is 0 Å². The molecule has 1 aliphatic heterocycles. The van der Waals surface area contributed by atoms with Gasteiger partial charge in [0.05, 0.1) is 0 Å².